The van der Waals surface area contributed by atoms with Gasteiger partial charge in [-0.2, -0.15) is 0 Å². The summed E-state index contributed by atoms with van der Waals surface area (Å²) in [6.45, 7) is 4.76. The molecule has 0 unspecified atom stereocenters. The van der Waals surface area contributed by atoms with Gasteiger partial charge in [0.2, 0.25) is 0 Å². The van der Waals surface area contributed by atoms with Crippen molar-refractivity contribution in [2.75, 3.05) is 12.4 Å². The average molecular weight is 287 g/mol. The first kappa shape index (κ1) is 14.9. The van der Waals surface area contributed by atoms with E-state index in [0.717, 1.165) is 22.6 Å². The Morgan fingerprint density at radius 1 is 1.15 bits per heavy atom. The molecule has 2 N–H and O–H groups in total. The second kappa shape index (κ2) is 7.36. The van der Waals surface area contributed by atoms with Gasteiger partial charge in [-0.1, -0.05) is 30.3 Å². The smallest absolute Gasteiger partial charge is 0.122 e. The van der Waals surface area contributed by atoms with Crippen molar-refractivity contribution in [1.82, 2.24) is 0 Å². The maximum Gasteiger partial charge on any atom is 0.122 e. The zero-order valence-corrected chi connectivity index (χ0v) is 12.8. The first-order chi connectivity index (χ1) is 9.66. The molecule has 2 aromatic rings. The van der Waals surface area contributed by atoms with Crippen LogP contribution in [0.25, 0.3) is 0 Å². The Morgan fingerprint density at radius 3 is 2.55 bits per heavy atom. The summed E-state index contributed by atoms with van der Waals surface area (Å²) < 4.78 is 5.83. The Balaban J connectivity index is 1.82. The third-order valence-corrected chi connectivity index (χ3v) is 4.05. The van der Waals surface area contributed by atoms with Gasteiger partial charge < -0.3 is 10.5 Å². The molecule has 0 bridgehead atoms. The summed E-state index contributed by atoms with van der Waals surface area (Å²) in [5.74, 6) is 1.89. The molecule has 0 aromatic heterocycles. The molecule has 1 atom stereocenters. The lowest BCUT2D eigenvalue weighted by molar-refractivity contribution is 0.341. The maximum atomic E-state index is 5.87. The standard InChI is InChI=1S/C17H21NOS/c1-13-12-15(14(2)18)8-9-17(13)19-10-11-20-16-6-4-3-5-7-16/h3-9,12,14H,10-11,18H2,1-2H3/t14-/m1/s1. The molecule has 0 saturated heterocycles. The van der Waals surface area contributed by atoms with Gasteiger partial charge in [-0.15, -0.1) is 11.8 Å². The third kappa shape index (κ3) is 4.29. The molecular weight excluding hydrogens is 266 g/mol. The van der Waals surface area contributed by atoms with E-state index in [1.807, 2.05) is 36.9 Å². The van der Waals surface area contributed by atoms with Gasteiger partial charge in [0, 0.05) is 16.7 Å². The van der Waals surface area contributed by atoms with Gasteiger partial charge in [-0.3, -0.25) is 0 Å². The number of aryl methyl sites for hydroxylation is 1. The first-order valence-corrected chi connectivity index (χ1v) is 7.82. The summed E-state index contributed by atoms with van der Waals surface area (Å²) in [6.07, 6.45) is 0. The van der Waals surface area contributed by atoms with Crippen molar-refractivity contribution >= 4 is 11.8 Å². The van der Waals surface area contributed by atoms with Crippen LogP contribution in [-0.2, 0) is 0 Å². The lowest BCUT2D eigenvalue weighted by Crippen LogP contribution is -2.06. The number of nitrogens with two attached hydrogens (primary N) is 1. The Kier molecular flexibility index (Phi) is 5.50. The minimum Gasteiger partial charge on any atom is -0.492 e. The SMILES string of the molecule is Cc1cc([C@@H](C)N)ccc1OCCSc1ccccc1. The first-order valence-electron chi connectivity index (χ1n) is 6.83. The monoisotopic (exact) mass is 287 g/mol. The van der Waals surface area contributed by atoms with Crippen LogP contribution in [0.15, 0.2) is 53.4 Å². The van der Waals surface area contributed by atoms with E-state index < -0.39 is 0 Å². The number of thioether (sulfide) groups is 1. The van der Waals surface area contributed by atoms with Crippen LogP contribution in [0.4, 0.5) is 0 Å². The van der Waals surface area contributed by atoms with Crippen molar-refractivity contribution in [3.63, 3.8) is 0 Å². The third-order valence-electron chi connectivity index (χ3n) is 3.08. The molecule has 0 aliphatic carbocycles. The summed E-state index contributed by atoms with van der Waals surface area (Å²) in [4.78, 5) is 1.28. The van der Waals surface area contributed by atoms with Gasteiger partial charge in [-0.25, -0.2) is 0 Å². The second-order valence-electron chi connectivity index (χ2n) is 4.82. The molecule has 106 valence electrons. The highest BCUT2D eigenvalue weighted by Crippen LogP contribution is 2.23. The Hall–Kier alpha value is -1.45. The predicted molar refractivity (Wildman–Crippen MR) is 86.4 cm³/mol. The van der Waals surface area contributed by atoms with Crippen molar-refractivity contribution in [1.29, 1.82) is 0 Å². The van der Waals surface area contributed by atoms with Gasteiger partial charge in [-0.05, 0) is 43.2 Å². The summed E-state index contributed by atoms with van der Waals surface area (Å²) in [6, 6.07) is 16.6. The van der Waals surface area contributed by atoms with Crippen LogP contribution in [0.2, 0.25) is 0 Å². The minimum absolute atomic E-state index is 0.0661. The summed E-state index contributed by atoms with van der Waals surface area (Å²) in [7, 11) is 0. The zero-order chi connectivity index (χ0) is 14.4. The van der Waals surface area contributed by atoms with Gasteiger partial charge >= 0.3 is 0 Å². The lowest BCUT2D eigenvalue weighted by Gasteiger charge is -2.12. The number of ether oxygens (including phenoxy) is 1. The van der Waals surface area contributed by atoms with Gasteiger partial charge in [0.25, 0.3) is 0 Å². The lowest BCUT2D eigenvalue weighted by atomic mass is 10.1. The van der Waals surface area contributed by atoms with E-state index in [-0.39, 0.29) is 6.04 Å². The van der Waals surface area contributed by atoms with E-state index in [9.17, 15) is 0 Å². The number of hydrogen-bond acceptors (Lipinski definition) is 3. The van der Waals surface area contributed by atoms with E-state index >= 15 is 0 Å². The Bertz CT molecular complexity index is 540. The molecule has 3 heteroatoms. The highest BCUT2D eigenvalue weighted by molar-refractivity contribution is 7.99. The highest BCUT2D eigenvalue weighted by Gasteiger charge is 2.04. The fraction of sp³-hybridized carbons (Fsp3) is 0.294. The topological polar surface area (TPSA) is 35.2 Å². The van der Waals surface area contributed by atoms with Crippen molar-refractivity contribution in [2.45, 2.75) is 24.8 Å². The van der Waals surface area contributed by atoms with E-state index in [1.54, 1.807) is 0 Å². The van der Waals surface area contributed by atoms with E-state index in [0.29, 0.717) is 6.61 Å². The predicted octanol–water partition coefficient (Wildman–Crippen LogP) is 4.19. The van der Waals surface area contributed by atoms with Crippen LogP contribution in [0.3, 0.4) is 0 Å². The number of rotatable bonds is 6. The van der Waals surface area contributed by atoms with E-state index in [4.69, 9.17) is 10.5 Å². The molecule has 0 spiro atoms. The van der Waals surface area contributed by atoms with Crippen LogP contribution in [0, 0.1) is 6.92 Å². The molecule has 20 heavy (non-hydrogen) atoms. The van der Waals surface area contributed by atoms with E-state index in [1.165, 1.54) is 4.90 Å². The molecule has 0 amide bonds. The summed E-state index contributed by atoms with van der Waals surface area (Å²) >= 11 is 1.81. The quantitative estimate of drug-likeness (QED) is 0.639. The fourth-order valence-corrected chi connectivity index (χ4v) is 2.70. The molecule has 0 saturated carbocycles. The normalized spacial score (nSPS) is 12.2. The van der Waals surface area contributed by atoms with Crippen LogP contribution < -0.4 is 10.5 Å². The highest BCUT2D eigenvalue weighted by atomic mass is 32.2. The summed E-state index contributed by atoms with van der Waals surface area (Å²) in [5.41, 5.74) is 8.16. The van der Waals surface area contributed by atoms with Gasteiger partial charge in [0.1, 0.15) is 5.75 Å². The van der Waals surface area contributed by atoms with Gasteiger partial charge in [0.05, 0.1) is 6.61 Å². The Labute approximate surface area is 125 Å². The number of hydrogen-bond donors (Lipinski definition) is 1. The molecular formula is C17H21NOS. The van der Waals surface area contributed by atoms with Crippen LogP contribution in [0.5, 0.6) is 5.75 Å². The second-order valence-corrected chi connectivity index (χ2v) is 5.99. The molecule has 2 nitrogen and oxygen atoms in total. The van der Waals surface area contributed by atoms with Crippen molar-refractivity contribution < 1.29 is 4.74 Å². The molecule has 2 aromatic carbocycles. The fourth-order valence-electron chi connectivity index (χ4n) is 1.95. The van der Waals surface area contributed by atoms with Gasteiger partial charge in [0.15, 0.2) is 0 Å². The number of benzene rings is 2. The van der Waals surface area contributed by atoms with Crippen molar-refractivity contribution in [3.05, 3.63) is 59.7 Å². The largest absolute Gasteiger partial charge is 0.492 e. The average Bonchev–Trinajstić information content (AvgIpc) is 2.46. The van der Waals surface area contributed by atoms with Crippen molar-refractivity contribution in [2.24, 2.45) is 5.73 Å². The molecule has 0 heterocycles. The molecule has 2 rings (SSSR count). The van der Waals surface area contributed by atoms with Crippen LogP contribution in [0.1, 0.15) is 24.1 Å². The molecule has 0 aliphatic rings. The minimum atomic E-state index is 0.0661. The van der Waals surface area contributed by atoms with Crippen LogP contribution in [-0.4, -0.2) is 12.4 Å². The van der Waals surface area contributed by atoms with Crippen LogP contribution >= 0.6 is 11.8 Å². The van der Waals surface area contributed by atoms with Crippen molar-refractivity contribution in [3.8, 4) is 5.75 Å². The molecule has 0 aliphatic heterocycles. The summed E-state index contributed by atoms with van der Waals surface area (Å²) in [5, 5.41) is 0. The molecule has 0 radical (unpaired) electrons. The molecule has 0 fully saturated rings. The maximum absolute atomic E-state index is 5.87. The zero-order valence-electron chi connectivity index (χ0n) is 12.0. The van der Waals surface area contributed by atoms with E-state index in [2.05, 4.69) is 37.3 Å². The Morgan fingerprint density at radius 2 is 1.90 bits per heavy atom.